The third kappa shape index (κ3) is 8.08. The van der Waals surface area contributed by atoms with E-state index in [1.807, 2.05) is 37.3 Å². The fourth-order valence-electron chi connectivity index (χ4n) is 5.05. The Bertz CT molecular complexity index is 1800. The van der Waals surface area contributed by atoms with Crippen molar-refractivity contribution in [3.05, 3.63) is 125 Å². The molecule has 5 rings (SSSR count). The molecule has 0 aliphatic carbocycles. The number of aromatic hydroxyl groups is 5. The SMILES string of the molecule is C=CC(=O)Oc1cc(C(C)C)ccc1C.C=CCc1c(O)cc([C@H]2Oc3ccccc3C[C@H]2OC(=O)c2cc(O)c(O)c(O)c2)cc1O. The van der Waals surface area contributed by atoms with E-state index in [4.69, 9.17) is 14.2 Å². The highest BCUT2D eigenvalue weighted by molar-refractivity contribution is 5.91. The molecule has 10 heteroatoms. The molecule has 4 aromatic carbocycles. The monoisotopic (exact) mass is 654 g/mol. The van der Waals surface area contributed by atoms with Gasteiger partial charge < -0.3 is 39.7 Å². The van der Waals surface area contributed by atoms with Crippen LogP contribution >= 0.6 is 0 Å². The number of phenols is 5. The van der Waals surface area contributed by atoms with E-state index in [0.29, 0.717) is 28.5 Å². The molecule has 0 radical (unpaired) electrons. The van der Waals surface area contributed by atoms with E-state index in [9.17, 15) is 35.1 Å². The molecule has 48 heavy (non-hydrogen) atoms. The van der Waals surface area contributed by atoms with Crippen LogP contribution in [-0.4, -0.2) is 43.6 Å². The standard InChI is InChI=1S/C25H22O8.C13H16O2/c1-2-5-16-17(26)8-14(9-18(16)27)24-22(12-13-6-3-4-7-21(13)32-24)33-25(31)15-10-19(28)23(30)20(29)11-15;1-5-13(14)15-12-8-11(9(2)3)7-6-10(12)4/h2-4,6-11,22,24,26-30H,1,5,12H2;5-9H,1H2,2-4H3/t22-,24-;/m1./s1. The highest BCUT2D eigenvalue weighted by atomic mass is 16.6. The van der Waals surface area contributed by atoms with Crippen LogP contribution in [0.15, 0.2) is 92.0 Å². The highest BCUT2D eigenvalue weighted by Gasteiger charge is 2.35. The zero-order valence-electron chi connectivity index (χ0n) is 26.8. The number of carbonyl (C=O) groups is 2. The molecule has 10 nitrogen and oxygen atoms in total. The Kier molecular flexibility index (Phi) is 11.0. The van der Waals surface area contributed by atoms with E-state index in [1.54, 1.807) is 18.2 Å². The molecule has 0 aromatic heterocycles. The minimum atomic E-state index is -0.866. The van der Waals surface area contributed by atoms with Crippen molar-refractivity contribution >= 4 is 11.9 Å². The molecule has 1 aliphatic rings. The third-order valence-electron chi connectivity index (χ3n) is 7.71. The second-order valence-electron chi connectivity index (χ2n) is 11.5. The molecule has 0 saturated heterocycles. The van der Waals surface area contributed by atoms with Gasteiger partial charge in [-0.3, -0.25) is 0 Å². The number of fused-ring (bicyclic) bond motifs is 1. The maximum atomic E-state index is 12.8. The van der Waals surface area contributed by atoms with Crippen LogP contribution in [0.2, 0.25) is 0 Å². The van der Waals surface area contributed by atoms with Gasteiger partial charge in [-0.25, -0.2) is 9.59 Å². The Morgan fingerprint density at radius 1 is 0.917 bits per heavy atom. The molecule has 4 aromatic rings. The summed E-state index contributed by atoms with van der Waals surface area (Å²) in [5, 5.41) is 49.8. The number of para-hydroxylation sites is 1. The number of hydrogen-bond donors (Lipinski definition) is 5. The van der Waals surface area contributed by atoms with Crippen molar-refractivity contribution in [2.45, 2.75) is 51.7 Å². The van der Waals surface area contributed by atoms with E-state index < -0.39 is 41.4 Å². The molecular weight excluding hydrogens is 616 g/mol. The van der Waals surface area contributed by atoms with Crippen molar-refractivity contribution in [1.82, 2.24) is 0 Å². The van der Waals surface area contributed by atoms with Gasteiger partial charge in [-0.05, 0) is 72.4 Å². The van der Waals surface area contributed by atoms with Gasteiger partial charge in [0.1, 0.15) is 29.1 Å². The molecule has 0 fully saturated rings. The number of rotatable bonds is 8. The van der Waals surface area contributed by atoms with Crippen LogP contribution in [0.4, 0.5) is 0 Å². The molecule has 0 bridgehead atoms. The Morgan fingerprint density at radius 3 is 2.17 bits per heavy atom. The lowest BCUT2D eigenvalue weighted by atomic mass is 9.93. The zero-order valence-corrected chi connectivity index (χ0v) is 26.8. The number of hydrogen-bond acceptors (Lipinski definition) is 10. The van der Waals surface area contributed by atoms with Crippen molar-refractivity contribution in [1.29, 1.82) is 0 Å². The van der Waals surface area contributed by atoms with Gasteiger partial charge in [-0.15, -0.1) is 6.58 Å². The smallest absolute Gasteiger partial charge is 0.338 e. The van der Waals surface area contributed by atoms with Crippen molar-refractivity contribution in [2.75, 3.05) is 0 Å². The lowest BCUT2D eigenvalue weighted by Crippen LogP contribution is -2.34. The summed E-state index contributed by atoms with van der Waals surface area (Å²) >= 11 is 0. The number of benzene rings is 4. The minimum absolute atomic E-state index is 0.147. The molecule has 250 valence electrons. The maximum Gasteiger partial charge on any atom is 0.338 e. The molecule has 2 atom stereocenters. The van der Waals surface area contributed by atoms with Gasteiger partial charge in [-0.2, -0.15) is 0 Å². The molecule has 1 aliphatic heterocycles. The van der Waals surface area contributed by atoms with Gasteiger partial charge in [0, 0.05) is 23.6 Å². The molecule has 5 N–H and O–H groups in total. The van der Waals surface area contributed by atoms with Crippen LogP contribution in [0.25, 0.3) is 0 Å². The van der Waals surface area contributed by atoms with Crippen molar-refractivity contribution in [2.24, 2.45) is 0 Å². The van der Waals surface area contributed by atoms with Crippen molar-refractivity contribution in [3.8, 4) is 40.2 Å². The van der Waals surface area contributed by atoms with Crippen LogP contribution in [0.5, 0.6) is 40.2 Å². The summed E-state index contributed by atoms with van der Waals surface area (Å²) in [5.74, 6) is -2.05. The van der Waals surface area contributed by atoms with Crippen LogP contribution in [0.3, 0.4) is 0 Å². The summed E-state index contributed by atoms with van der Waals surface area (Å²) < 4.78 is 16.9. The van der Waals surface area contributed by atoms with Gasteiger partial charge in [0.2, 0.25) is 0 Å². The van der Waals surface area contributed by atoms with E-state index in [1.165, 1.54) is 18.2 Å². The number of ether oxygens (including phenoxy) is 3. The first-order chi connectivity index (χ1) is 22.8. The first-order valence-corrected chi connectivity index (χ1v) is 15.1. The summed E-state index contributed by atoms with van der Waals surface area (Å²) in [6.45, 7) is 13.1. The lowest BCUT2D eigenvalue weighted by molar-refractivity contribution is -0.129. The number of esters is 2. The predicted molar refractivity (Wildman–Crippen MR) is 179 cm³/mol. The lowest BCUT2D eigenvalue weighted by Gasteiger charge is -2.33. The van der Waals surface area contributed by atoms with Crippen LogP contribution in [0, 0.1) is 6.92 Å². The molecule has 1 heterocycles. The third-order valence-corrected chi connectivity index (χ3v) is 7.71. The summed E-state index contributed by atoms with van der Waals surface area (Å²) in [5.41, 5.74) is 3.43. The second kappa shape index (κ2) is 15.1. The first-order valence-electron chi connectivity index (χ1n) is 15.1. The van der Waals surface area contributed by atoms with Crippen molar-refractivity contribution in [3.63, 3.8) is 0 Å². The maximum absolute atomic E-state index is 12.8. The molecule has 0 saturated carbocycles. The number of aryl methyl sites for hydroxylation is 1. The predicted octanol–water partition coefficient (Wildman–Crippen LogP) is 7.05. The van der Waals surface area contributed by atoms with Gasteiger partial charge in [-0.1, -0.05) is 56.8 Å². The Balaban J connectivity index is 0.000000291. The van der Waals surface area contributed by atoms with Crippen LogP contribution in [0.1, 0.15) is 64.0 Å². The topological polar surface area (TPSA) is 163 Å². The van der Waals surface area contributed by atoms with E-state index >= 15 is 0 Å². The average Bonchev–Trinajstić information content (AvgIpc) is 3.05. The van der Waals surface area contributed by atoms with Crippen molar-refractivity contribution < 1.29 is 49.3 Å². The van der Waals surface area contributed by atoms with Gasteiger partial charge >= 0.3 is 11.9 Å². The fourth-order valence-corrected chi connectivity index (χ4v) is 5.05. The van der Waals surface area contributed by atoms with E-state index in [-0.39, 0.29) is 29.9 Å². The average molecular weight is 655 g/mol. The molecule has 0 amide bonds. The summed E-state index contributed by atoms with van der Waals surface area (Å²) in [7, 11) is 0. The Hall–Kier alpha value is -5.90. The zero-order chi connectivity index (χ0) is 35.1. The quantitative estimate of drug-likeness (QED) is 0.0437. The van der Waals surface area contributed by atoms with E-state index in [2.05, 4.69) is 27.0 Å². The number of carbonyl (C=O) groups excluding carboxylic acids is 2. The Labute approximate surface area is 278 Å². The second-order valence-corrected chi connectivity index (χ2v) is 11.5. The normalized spacial score (nSPS) is 14.8. The number of allylic oxidation sites excluding steroid dienone is 1. The number of phenolic OH excluding ortho intramolecular Hbond substituents is 5. The minimum Gasteiger partial charge on any atom is -0.508 e. The molecular formula is C38H38O10. The largest absolute Gasteiger partial charge is 0.508 e. The molecule has 0 spiro atoms. The molecule has 0 unspecified atom stereocenters. The Morgan fingerprint density at radius 2 is 1.56 bits per heavy atom. The summed E-state index contributed by atoms with van der Waals surface area (Å²) in [6, 6.07) is 18.0. The van der Waals surface area contributed by atoms with Gasteiger partial charge in [0.25, 0.3) is 0 Å². The van der Waals surface area contributed by atoms with Gasteiger partial charge in [0.15, 0.2) is 23.4 Å². The van der Waals surface area contributed by atoms with E-state index in [0.717, 1.165) is 28.8 Å². The highest BCUT2D eigenvalue weighted by Crippen LogP contribution is 2.41. The fraction of sp³-hybridized carbons (Fsp3) is 0.211. The summed E-state index contributed by atoms with van der Waals surface area (Å²) in [4.78, 5) is 23.9. The summed E-state index contributed by atoms with van der Waals surface area (Å²) in [6.07, 6.45) is 1.53. The van der Waals surface area contributed by atoms with Crippen LogP contribution in [-0.2, 0) is 22.4 Å². The van der Waals surface area contributed by atoms with Crippen LogP contribution < -0.4 is 9.47 Å². The van der Waals surface area contributed by atoms with Gasteiger partial charge in [0.05, 0.1) is 5.56 Å². The first kappa shape index (κ1) is 35.0.